The molecule has 0 saturated heterocycles. The molecular weight excluding hydrogens is 212 g/mol. The van der Waals surface area contributed by atoms with Crippen molar-refractivity contribution in [2.24, 2.45) is 11.8 Å². The largest absolute Gasteiger partial charge is 0.466 e. The number of carbonyl (C=O) groups is 3. The summed E-state index contributed by atoms with van der Waals surface area (Å²) in [4.78, 5) is 33.4. The van der Waals surface area contributed by atoms with Crippen molar-refractivity contribution in [1.29, 1.82) is 0 Å². The Kier molecular flexibility index (Phi) is 6.37. The van der Waals surface area contributed by atoms with Gasteiger partial charge in [0.1, 0.15) is 11.7 Å². The lowest BCUT2D eigenvalue weighted by Gasteiger charge is -2.19. The van der Waals surface area contributed by atoms with E-state index in [1.807, 2.05) is 0 Å². The zero-order valence-corrected chi connectivity index (χ0v) is 10.1. The molecular formula is C11H18O5. The van der Waals surface area contributed by atoms with Crippen molar-refractivity contribution >= 4 is 17.7 Å². The number of esters is 2. The molecule has 0 amide bonds. The summed E-state index contributed by atoms with van der Waals surface area (Å²) in [5.74, 6) is -2.51. The normalized spacial score (nSPS) is 13.8. The number of rotatable bonds is 6. The molecule has 16 heavy (non-hydrogen) atoms. The predicted octanol–water partition coefficient (Wildman–Crippen LogP) is 0.954. The van der Waals surface area contributed by atoms with Crippen LogP contribution >= 0.6 is 0 Å². The molecule has 0 fully saturated rings. The minimum absolute atomic E-state index is 0.0401. The van der Waals surface area contributed by atoms with Gasteiger partial charge in [-0.2, -0.15) is 0 Å². The first-order valence-corrected chi connectivity index (χ1v) is 5.20. The Morgan fingerprint density at radius 2 is 1.69 bits per heavy atom. The fraction of sp³-hybridized carbons (Fsp3) is 0.727. The number of hydrogen-bond donors (Lipinski definition) is 0. The monoisotopic (exact) mass is 230 g/mol. The SMILES string of the molecule is CCOC(=O)C(C(C)=O)C(C)COC(C)=O. The number of carbonyl (C=O) groups excluding carboxylic acids is 3. The Balaban J connectivity index is 4.46. The first kappa shape index (κ1) is 14.6. The molecule has 0 aromatic heterocycles. The van der Waals surface area contributed by atoms with Crippen molar-refractivity contribution in [3.05, 3.63) is 0 Å². The highest BCUT2D eigenvalue weighted by Crippen LogP contribution is 2.15. The van der Waals surface area contributed by atoms with Gasteiger partial charge in [0.2, 0.25) is 0 Å². The van der Waals surface area contributed by atoms with Crippen LogP contribution in [-0.4, -0.2) is 30.9 Å². The predicted molar refractivity (Wildman–Crippen MR) is 56.6 cm³/mol. The first-order chi connectivity index (χ1) is 7.40. The lowest BCUT2D eigenvalue weighted by atomic mass is 9.91. The molecule has 2 atom stereocenters. The molecule has 0 radical (unpaired) electrons. The molecule has 0 aromatic carbocycles. The Bertz CT molecular complexity index is 272. The van der Waals surface area contributed by atoms with Crippen LogP contribution in [0.2, 0.25) is 0 Å². The molecule has 2 unspecified atom stereocenters. The fourth-order valence-electron chi connectivity index (χ4n) is 1.38. The van der Waals surface area contributed by atoms with E-state index in [9.17, 15) is 14.4 Å². The van der Waals surface area contributed by atoms with E-state index in [-0.39, 0.29) is 24.9 Å². The summed E-state index contributed by atoms with van der Waals surface area (Å²) in [5, 5.41) is 0. The number of hydrogen-bond acceptors (Lipinski definition) is 5. The van der Waals surface area contributed by atoms with Gasteiger partial charge in [-0.25, -0.2) is 0 Å². The first-order valence-electron chi connectivity index (χ1n) is 5.20. The van der Waals surface area contributed by atoms with Gasteiger partial charge in [0, 0.05) is 12.8 Å². The summed E-state index contributed by atoms with van der Waals surface area (Å²) in [6.07, 6.45) is 0. The van der Waals surface area contributed by atoms with E-state index in [1.54, 1.807) is 13.8 Å². The standard InChI is InChI=1S/C11H18O5/c1-5-15-11(14)10(8(3)12)7(2)6-16-9(4)13/h7,10H,5-6H2,1-4H3. The van der Waals surface area contributed by atoms with Crippen LogP contribution in [-0.2, 0) is 23.9 Å². The highest BCUT2D eigenvalue weighted by molar-refractivity contribution is 5.98. The maximum atomic E-state index is 11.5. The Labute approximate surface area is 95.1 Å². The van der Waals surface area contributed by atoms with Crippen LogP contribution in [0.15, 0.2) is 0 Å². The van der Waals surface area contributed by atoms with Crippen molar-refractivity contribution in [2.45, 2.75) is 27.7 Å². The van der Waals surface area contributed by atoms with Crippen LogP contribution in [0, 0.1) is 11.8 Å². The van der Waals surface area contributed by atoms with E-state index in [1.165, 1.54) is 13.8 Å². The van der Waals surface area contributed by atoms with Crippen molar-refractivity contribution in [3.63, 3.8) is 0 Å². The molecule has 0 aliphatic rings. The topological polar surface area (TPSA) is 69.7 Å². The van der Waals surface area contributed by atoms with E-state index in [0.29, 0.717) is 0 Å². The summed E-state index contributed by atoms with van der Waals surface area (Å²) >= 11 is 0. The summed E-state index contributed by atoms with van der Waals surface area (Å²) < 4.78 is 9.56. The molecule has 0 aliphatic heterocycles. The maximum Gasteiger partial charge on any atom is 0.316 e. The zero-order chi connectivity index (χ0) is 12.7. The summed E-state index contributed by atoms with van der Waals surface area (Å²) in [6.45, 7) is 6.21. The molecule has 0 heterocycles. The lowest BCUT2D eigenvalue weighted by Crippen LogP contribution is -2.33. The van der Waals surface area contributed by atoms with Gasteiger partial charge in [-0.15, -0.1) is 0 Å². The van der Waals surface area contributed by atoms with E-state index >= 15 is 0 Å². The van der Waals surface area contributed by atoms with Crippen molar-refractivity contribution < 1.29 is 23.9 Å². The Morgan fingerprint density at radius 1 is 1.12 bits per heavy atom. The van der Waals surface area contributed by atoms with Crippen molar-refractivity contribution in [3.8, 4) is 0 Å². The Morgan fingerprint density at radius 3 is 2.06 bits per heavy atom. The third-order valence-electron chi connectivity index (χ3n) is 2.10. The molecule has 92 valence electrons. The van der Waals surface area contributed by atoms with E-state index in [0.717, 1.165) is 0 Å². The van der Waals surface area contributed by atoms with Crippen LogP contribution < -0.4 is 0 Å². The van der Waals surface area contributed by atoms with Gasteiger partial charge in [-0.1, -0.05) is 6.92 Å². The van der Waals surface area contributed by atoms with Gasteiger partial charge in [0.05, 0.1) is 13.2 Å². The summed E-state index contributed by atoms with van der Waals surface area (Å²) in [7, 11) is 0. The zero-order valence-electron chi connectivity index (χ0n) is 10.1. The molecule has 0 rings (SSSR count). The second-order valence-corrected chi connectivity index (χ2v) is 3.62. The van der Waals surface area contributed by atoms with Gasteiger partial charge in [-0.3, -0.25) is 14.4 Å². The highest BCUT2D eigenvalue weighted by Gasteiger charge is 2.31. The van der Waals surface area contributed by atoms with Crippen molar-refractivity contribution in [1.82, 2.24) is 0 Å². The van der Waals surface area contributed by atoms with Crippen LogP contribution in [0.3, 0.4) is 0 Å². The molecule has 0 saturated carbocycles. The molecule has 0 N–H and O–H groups in total. The van der Waals surface area contributed by atoms with Crippen LogP contribution in [0.25, 0.3) is 0 Å². The van der Waals surface area contributed by atoms with Crippen LogP contribution in [0.5, 0.6) is 0 Å². The molecule has 0 spiro atoms. The minimum atomic E-state index is -0.862. The van der Waals surface area contributed by atoms with Gasteiger partial charge in [0.15, 0.2) is 0 Å². The van der Waals surface area contributed by atoms with Gasteiger partial charge in [0.25, 0.3) is 0 Å². The maximum absolute atomic E-state index is 11.5. The summed E-state index contributed by atoms with van der Waals surface area (Å²) in [6, 6.07) is 0. The van der Waals surface area contributed by atoms with E-state index in [2.05, 4.69) is 0 Å². The average Bonchev–Trinajstić information content (AvgIpc) is 2.14. The Hall–Kier alpha value is -1.39. The second kappa shape index (κ2) is 6.98. The van der Waals surface area contributed by atoms with Crippen LogP contribution in [0.1, 0.15) is 27.7 Å². The second-order valence-electron chi connectivity index (χ2n) is 3.62. The third-order valence-corrected chi connectivity index (χ3v) is 2.10. The number of ether oxygens (including phenoxy) is 2. The highest BCUT2D eigenvalue weighted by atomic mass is 16.5. The third kappa shape index (κ3) is 4.91. The van der Waals surface area contributed by atoms with Crippen LogP contribution in [0.4, 0.5) is 0 Å². The summed E-state index contributed by atoms with van der Waals surface area (Å²) in [5.41, 5.74) is 0. The lowest BCUT2D eigenvalue weighted by molar-refractivity contribution is -0.156. The molecule has 5 heteroatoms. The van der Waals surface area contributed by atoms with E-state index in [4.69, 9.17) is 9.47 Å². The van der Waals surface area contributed by atoms with Gasteiger partial charge >= 0.3 is 11.9 Å². The smallest absolute Gasteiger partial charge is 0.316 e. The molecule has 0 aromatic rings. The number of Topliss-reactive ketones (excluding diaryl/α,β-unsaturated/α-hetero) is 1. The van der Waals surface area contributed by atoms with Gasteiger partial charge in [-0.05, 0) is 13.8 Å². The van der Waals surface area contributed by atoms with Crippen molar-refractivity contribution in [2.75, 3.05) is 13.2 Å². The fourth-order valence-corrected chi connectivity index (χ4v) is 1.38. The molecule has 0 bridgehead atoms. The number of ketones is 1. The molecule has 5 nitrogen and oxygen atoms in total. The molecule has 0 aliphatic carbocycles. The van der Waals surface area contributed by atoms with Gasteiger partial charge < -0.3 is 9.47 Å². The van der Waals surface area contributed by atoms with E-state index < -0.39 is 17.9 Å². The average molecular weight is 230 g/mol. The quantitative estimate of drug-likeness (QED) is 0.502. The minimum Gasteiger partial charge on any atom is -0.466 e.